The van der Waals surface area contributed by atoms with Gasteiger partial charge in [-0.2, -0.15) is 0 Å². The molecule has 1 unspecified atom stereocenters. The molecule has 0 fully saturated rings. The number of nitrogens with zero attached hydrogens (tertiary/aromatic N) is 2. The van der Waals surface area contributed by atoms with Gasteiger partial charge in [-0.1, -0.05) is 117 Å². The zero-order valence-electron chi connectivity index (χ0n) is 18.5. The van der Waals surface area contributed by atoms with Gasteiger partial charge in [0, 0.05) is 19.8 Å². The average molecular weight is 366 g/mol. The second kappa shape index (κ2) is 19.2. The standard InChI is InChI=1S/C24H49N2/c1-4-6-8-10-12-13-14-15-17-19-21-23-24(3,26-25)22-20-18-16-11-9-7-5-2/h4-23H2,1-3H3/q+1. The quantitative estimate of drug-likeness (QED) is 0.156. The van der Waals surface area contributed by atoms with E-state index in [1.807, 2.05) is 0 Å². The Balaban J connectivity index is 3.49. The first-order chi connectivity index (χ1) is 12.7. The lowest BCUT2D eigenvalue weighted by molar-refractivity contribution is 0.411. The van der Waals surface area contributed by atoms with Crippen molar-refractivity contribution in [2.45, 2.75) is 155 Å². The number of unbranched alkanes of at least 4 members (excludes halogenated alkanes) is 16. The molecule has 2 nitrogen and oxygen atoms in total. The highest BCUT2D eigenvalue weighted by atomic mass is 14.9. The Kier molecular flexibility index (Phi) is 18.8. The minimum Gasteiger partial charge on any atom is -0.0654 e. The first kappa shape index (κ1) is 25.4. The van der Waals surface area contributed by atoms with Crippen molar-refractivity contribution in [2.24, 2.45) is 0 Å². The molecule has 0 radical (unpaired) electrons. The third-order valence-corrected chi connectivity index (χ3v) is 5.88. The van der Waals surface area contributed by atoms with Crippen LogP contribution in [0.1, 0.15) is 149 Å². The Morgan fingerprint density at radius 1 is 0.500 bits per heavy atom. The second-order valence-corrected chi connectivity index (χ2v) is 8.75. The molecule has 0 saturated carbocycles. The lowest BCUT2D eigenvalue weighted by Crippen LogP contribution is -2.19. The van der Waals surface area contributed by atoms with Crippen LogP contribution in [0, 0.1) is 5.39 Å². The molecule has 2 heteroatoms. The van der Waals surface area contributed by atoms with Gasteiger partial charge < -0.3 is 0 Å². The summed E-state index contributed by atoms with van der Waals surface area (Å²) in [5, 5.41) is 9.44. The van der Waals surface area contributed by atoms with E-state index in [2.05, 4.69) is 25.7 Å². The summed E-state index contributed by atoms with van der Waals surface area (Å²) >= 11 is 0. The smallest absolute Gasteiger partial charge is 0.0654 e. The lowest BCUT2D eigenvalue weighted by atomic mass is 9.89. The van der Waals surface area contributed by atoms with Crippen LogP contribution in [0.5, 0.6) is 0 Å². The molecule has 0 aromatic rings. The molecule has 0 bridgehead atoms. The van der Waals surface area contributed by atoms with Crippen molar-refractivity contribution < 1.29 is 0 Å². The van der Waals surface area contributed by atoms with Crippen molar-refractivity contribution in [3.63, 3.8) is 0 Å². The van der Waals surface area contributed by atoms with E-state index in [1.54, 1.807) is 0 Å². The molecule has 0 aliphatic heterocycles. The maximum Gasteiger partial charge on any atom is 0.320 e. The molecule has 0 heterocycles. The number of hydrogen-bond acceptors (Lipinski definition) is 1. The monoisotopic (exact) mass is 365 g/mol. The predicted molar refractivity (Wildman–Crippen MR) is 117 cm³/mol. The summed E-state index contributed by atoms with van der Waals surface area (Å²) in [5.41, 5.74) is -0.192. The Labute approximate surface area is 165 Å². The molecule has 1 atom stereocenters. The molecule has 0 aromatic heterocycles. The highest BCUT2D eigenvalue weighted by Crippen LogP contribution is 2.27. The van der Waals surface area contributed by atoms with Gasteiger partial charge in [0.1, 0.15) is 4.98 Å². The van der Waals surface area contributed by atoms with Crippen molar-refractivity contribution in [1.82, 2.24) is 0 Å². The SMILES string of the molecule is CCCCCCCCCCCCCC(C)(CCCCCCCCC)[N+]#N. The van der Waals surface area contributed by atoms with Crippen LogP contribution in [0.3, 0.4) is 0 Å². The van der Waals surface area contributed by atoms with Gasteiger partial charge in [0.15, 0.2) is 0 Å². The summed E-state index contributed by atoms with van der Waals surface area (Å²) in [7, 11) is 0. The Bertz CT molecular complexity index is 321. The number of diazo groups is 1. The summed E-state index contributed by atoms with van der Waals surface area (Å²) in [6.07, 6.45) is 26.6. The maximum atomic E-state index is 9.44. The molecular weight excluding hydrogens is 316 g/mol. The summed E-state index contributed by atoms with van der Waals surface area (Å²) < 4.78 is 0. The summed E-state index contributed by atoms with van der Waals surface area (Å²) in [4.78, 5) is 3.75. The van der Waals surface area contributed by atoms with E-state index in [0.29, 0.717) is 0 Å². The van der Waals surface area contributed by atoms with Gasteiger partial charge in [-0.3, -0.25) is 0 Å². The average Bonchev–Trinajstić information content (AvgIpc) is 2.65. The fraction of sp³-hybridized carbons (Fsp3) is 1.00. The van der Waals surface area contributed by atoms with Crippen molar-refractivity contribution >= 4 is 0 Å². The van der Waals surface area contributed by atoms with Crippen LogP contribution >= 0.6 is 0 Å². The lowest BCUT2D eigenvalue weighted by Gasteiger charge is -2.10. The highest BCUT2D eigenvalue weighted by Gasteiger charge is 2.36. The van der Waals surface area contributed by atoms with Gasteiger partial charge in [-0.05, 0) is 12.8 Å². The Morgan fingerprint density at radius 2 is 0.769 bits per heavy atom. The molecule has 0 amide bonds. The zero-order valence-corrected chi connectivity index (χ0v) is 18.5. The molecule has 0 saturated heterocycles. The van der Waals surface area contributed by atoms with E-state index in [9.17, 15) is 5.39 Å². The van der Waals surface area contributed by atoms with Gasteiger partial charge in [-0.15, -0.1) is 0 Å². The van der Waals surface area contributed by atoms with Crippen LogP contribution in [-0.2, 0) is 0 Å². The van der Waals surface area contributed by atoms with Crippen molar-refractivity contribution in [2.75, 3.05) is 0 Å². The minimum absolute atomic E-state index is 0.192. The van der Waals surface area contributed by atoms with E-state index in [4.69, 9.17) is 0 Å². The zero-order chi connectivity index (χ0) is 19.3. The fourth-order valence-corrected chi connectivity index (χ4v) is 3.86. The van der Waals surface area contributed by atoms with Crippen LogP contribution in [0.15, 0.2) is 0 Å². The van der Waals surface area contributed by atoms with E-state index >= 15 is 0 Å². The van der Waals surface area contributed by atoms with E-state index in [0.717, 1.165) is 12.8 Å². The van der Waals surface area contributed by atoms with Crippen LogP contribution in [0.25, 0.3) is 4.98 Å². The molecule has 0 aliphatic carbocycles. The Hall–Kier alpha value is -0.580. The van der Waals surface area contributed by atoms with Crippen LogP contribution < -0.4 is 0 Å². The third kappa shape index (κ3) is 16.9. The Morgan fingerprint density at radius 3 is 1.04 bits per heavy atom. The fourth-order valence-electron chi connectivity index (χ4n) is 3.86. The van der Waals surface area contributed by atoms with Crippen molar-refractivity contribution in [3.05, 3.63) is 4.98 Å². The highest BCUT2D eigenvalue weighted by molar-refractivity contribution is 4.91. The number of rotatable bonds is 20. The topological polar surface area (TPSA) is 28.1 Å². The van der Waals surface area contributed by atoms with Gasteiger partial charge in [-0.25, -0.2) is 0 Å². The van der Waals surface area contributed by atoms with Gasteiger partial charge in [0.2, 0.25) is 5.39 Å². The molecule has 154 valence electrons. The molecular formula is C24H49N2+. The van der Waals surface area contributed by atoms with Gasteiger partial charge in [0.05, 0.1) is 0 Å². The van der Waals surface area contributed by atoms with E-state index in [-0.39, 0.29) is 5.54 Å². The van der Waals surface area contributed by atoms with Gasteiger partial charge in [0.25, 0.3) is 0 Å². The molecule has 26 heavy (non-hydrogen) atoms. The van der Waals surface area contributed by atoms with Crippen molar-refractivity contribution in [3.8, 4) is 0 Å². The second-order valence-electron chi connectivity index (χ2n) is 8.75. The minimum atomic E-state index is -0.192. The summed E-state index contributed by atoms with van der Waals surface area (Å²) in [5.74, 6) is 0. The molecule has 0 aliphatic rings. The van der Waals surface area contributed by atoms with Crippen LogP contribution in [0.4, 0.5) is 0 Å². The van der Waals surface area contributed by atoms with Crippen LogP contribution in [-0.4, -0.2) is 5.54 Å². The largest absolute Gasteiger partial charge is 0.320 e. The van der Waals surface area contributed by atoms with Crippen LogP contribution in [0.2, 0.25) is 0 Å². The maximum absolute atomic E-state index is 9.44. The summed E-state index contributed by atoms with van der Waals surface area (Å²) in [6, 6.07) is 0. The molecule has 0 aromatic carbocycles. The number of hydrogen-bond donors (Lipinski definition) is 0. The van der Waals surface area contributed by atoms with E-state index in [1.165, 1.54) is 116 Å². The summed E-state index contributed by atoms with van der Waals surface area (Å²) in [6.45, 7) is 6.69. The molecule has 0 N–H and O–H groups in total. The van der Waals surface area contributed by atoms with Crippen molar-refractivity contribution in [1.29, 1.82) is 5.39 Å². The third-order valence-electron chi connectivity index (χ3n) is 5.88. The van der Waals surface area contributed by atoms with Gasteiger partial charge >= 0.3 is 5.54 Å². The molecule has 0 rings (SSSR count). The normalized spacial score (nSPS) is 13.5. The predicted octanol–water partition coefficient (Wildman–Crippen LogP) is 9.44. The first-order valence-electron chi connectivity index (χ1n) is 12.0. The van der Waals surface area contributed by atoms with E-state index < -0.39 is 0 Å². The first-order valence-corrected chi connectivity index (χ1v) is 12.0. The molecule has 0 spiro atoms.